The van der Waals surface area contributed by atoms with E-state index in [1.165, 1.54) is 0 Å². The zero-order chi connectivity index (χ0) is 17.1. The highest BCUT2D eigenvalue weighted by Gasteiger charge is 2.22. The molecule has 1 aromatic heterocycles. The second-order valence-corrected chi connectivity index (χ2v) is 5.88. The maximum Gasteiger partial charge on any atom is 0.269 e. The van der Waals surface area contributed by atoms with Gasteiger partial charge < -0.3 is 16.8 Å². The molecule has 1 saturated carbocycles. The van der Waals surface area contributed by atoms with Crippen LogP contribution in [-0.2, 0) is 0 Å². The first-order valence-electron chi connectivity index (χ1n) is 7.96. The lowest BCUT2D eigenvalue weighted by Crippen LogP contribution is -2.24. The maximum atomic E-state index is 12.0. The minimum atomic E-state index is -0.441. The third-order valence-corrected chi connectivity index (χ3v) is 3.95. The number of hydrogen-bond donors (Lipinski definition) is 3. The van der Waals surface area contributed by atoms with Gasteiger partial charge in [-0.25, -0.2) is 4.98 Å². The molecule has 1 aliphatic rings. The van der Waals surface area contributed by atoms with Crippen molar-refractivity contribution in [3.63, 3.8) is 0 Å². The predicted octanol–water partition coefficient (Wildman–Crippen LogP) is 1.36. The number of aromatic nitrogens is 1. The Kier molecular flexibility index (Phi) is 4.57. The van der Waals surface area contributed by atoms with Gasteiger partial charge in [-0.2, -0.15) is 0 Å². The number of amides is 1. The molecule has 1 amide bonds. The lowest BCUT2D eigenvalue weighted by atomic mass is 10.0. The Morgan fingerprint density at radius 3 is 2.62 bits per heavy atom. The Labute approximate surface area is 141 Å². The Morgan fingerprint density at radius 2 is 2.00 bits per heavy atom. The Hall–Kier alpha value is -2.73. The van der Waals surface area contributed by atoms with Gasteiger partial charge in [0.1, 0.15) is 11.5 Å². The van der Waals surface area contributed by atoms with Crippen LogP contribution in [0.5, 0.6) is 0 Å². The molecule has 1 heterocycles. The Morgan fingerprint density at radius 1 is 1.29 bits per heavy atom. The number of pyridine rings is 1. The molecule has 0 bridgehead atoms. The van der Waals surface area contributed by atoms with Gasteiger partial charge in [0.15, 0.2) is 0 Å². The molecule has 24 heavy (non-hydrogen) atoms. The molecule has 3 rings (SSSR count). The third-order valence-electron chi connectivity index (χ3n) is 3.95. The number of hydrogen-bond acceptors (Lipinski definition) is 4. The molecule has 0 aliphatic heterocycles. The van der Waals surface area contributed by atoms with Gasteiger partial charge in [-0.05, 0) is 30.5 Å². The summed E-state index contributed by atoms with van der Waals surface area (Å²) >= 11 is 0. The molecule has 0 radical (unpaired) electrons. The van der Waals surface area contributed by atoms with Crippen LogP contribution in [0.1, 0.15) is 46.2 Å². The van der Waals surface area contributed by atoms with E-state index < -0.39 is 6.04 Å². The van der Waals surface area contributed by atoms with Gasteiger partial charge in [-0.3, -0.25) is 9.79 Å². The quantitative estimate of drug-likeness (QED) is 0.570. The van der Waals surface area contributed by atoms with E-state index in [1.807, 2.05) is 36.4 Å². The standard InChI is InChI=1S/C18H21N5O/c1-21-18(24)15-10-12(17(20)22-13-7-8-13)9-14(23-15)16(19)11-5-3-2-4-6-11/h2-6,9-10,13,16H,7-8,19H2,1H3,(H2,20,22)(H,21,24)/t16-/m1/s1. The van der Waals surface area contributed by atoms with Gasteiger partial charge in [0, 0.05) is 12.6 Å². The van der Waals surface area contributed by atoms with Crippen LogP contribution < -0.4 is 16.8 Å². The van der Waals surface area contributed by atoms with E-state index in [-0.39, 0.29) is 11.6 Å². The molecule has 124 valence electrons. The number of nitrogens with one attached hydrogen (secondary N) is 1. The molecule has 1 aliphatic carbocycles. The topological polar surface area (TPSA) is 106 Å². The van der Waals surface area contributed by atoms with Gasteiger partial charge in [-0.15, -0.1) is 0 Å². The van der Waals surface area contributed by atoms with Crippen molar-refractivity contribution < 1.29 is 4.79 Å². The predicted molar refractivity (Wildman–Crippen MR) is 93.8 cm³/mol. The van der Waals surface area contributed by atoms with Crippen LogP contribution >= 0.6 is 0 Å². The third kappa shape index (κ3) is 3.60. The van der Waals surface area contributed by atoms with Crippen molar-refractivity contribution in [3.05, 3.63) is 65.0 Å². The fraction of sp³-hybridized carbons (Fsp3) is 0.278. The van der Waals surface area contributed by atoms with Gasteiger partial charge >= 0.3 is 0 Å². The SMILES string of the molecule is CNC(=O)c1cc(C(N)=NC2CC2)cc([C@H](N)c2ccccc2)n1. The van der Waals surface area contributed by atoms with E-state index in [1.54, 1.807) is 13.1 Å². The highest BCUT2D eigenvalue weighted by Crippen LogP contribution is 2.25. The number of nitrogens with two attached hydrogens (primary N) is 2. The summed E-state index contributed by atoms with van der Waals surface area (Å²) in [7, 11) is 1.56. The Balaban J connectivity index is 2.02. The van der Waals surface area contributed by atoms with Crippen LogP contribution in [0.25, 0.3) is 0 Å². The van der Waals surface area contributed by atoms with E-state index in [2.05, 4.69) is 15.3 Å². The van der Waals surface area contributed by atoms with Crippen molar-refractivity contribution in [1.29, 1.82) is 0 Å². The van der Waals surface area contributed by atoms with Gasteiger partial charge in [0.25, 0.3) is 5.91 Å². The fourth-order valence-electron chi connectivity index (χ4n) is 2.41. The van der Waals surface area contributed by atoms with E-state index in [0.717, 1.165) is 18.4 Å². The number of carbonyl (C=O) groups is 1. The van der Waals surface area contributed by atoms with Crippen LogP contribution in [0, 0.1) is 0 Å². The second kappa shape index (κ2) is 6.80. The minimum Gasteiger partial charge on any atom is -0.383 e. The first kappa shape index (κ1) is 16.1. The monoisotopic (exact) mass is 323 g/mol. The average molecular weight is 323 g/mol. The first-order chi connectivity index (χ1) is 11.6. The summed E-state index contributed by atoms with van der Waals surface area (Å²) in [6.07, 6.45) is 2.12. The average Bonchev–Trinajstić information content (AvgIpc) is 3.44. The number of amidine groups is 1. The largest absolute Gasteiger partial charge is 0.383 e. The summed E-state index contributed by atoms with van der Waals surface area (Å²) in [5, 5.41) is 2.58. The summed E-state index contributed by atoms with van der Waals surface area (Å²) in [6, 6.07) is 12.9. The van der Waals surface area contributed by atoms with Crippen molar-refractivity contribution in [2.45, 2.75) is 24.9 Å². The molecule has 6 heteroatoms. The van der Waals surface area contributed by atoms with E-state index >= 15 is 0 Å². The summed E-state index contributed by atoms with van der Waals surface area (Å²) in [4.78, 5) is 20.9. The summed E-state index contributed by atoms with van der Waals surface area (Å²) in [5.74, 6) is 0.143. The Bertz CT molecular complexity index is 768. The van der Waals surface area contributed by atoms with Gasteiger partial charge in [-0.1, -0.05) is 30.3 Å². The summed E-state index contributed by atoms with van der Waals surface area (Å²) in [6.45, 7) is 0. The van der Waals surface area contributed by atoms with E-state index in [9.17, 15) is 4.79 Å². The first-order valence-corrected chi connectivity index (χ1v) is 7.96. The van der Waals surface area contributed by atoms with Gasteiger partial charge in [0.05, 0.1) is 17.8 Å². The lowest BCUT2D eigenvalue weighted by Gasteiger charge is -2.14. The van der Waals surface area contributed by atoms with Crippen LogP contribution in [0.2, 0.25) is 0 Å². The molecule has 0 unspecified atom stereocenters. The van der Waals surface area contributed by atoms with E-state index in [0.29, 0.717) is 23.1 Å². The normalized spacial score (nSPS) is 15.8. The maximum absolute atomic E-state index is 12.0. The molecule has 2 aromatic rings. The molecule has 6 nitrogen and oxygen atoms in total. The van der Waals surface area contributed by atoms with Crippen LogP contribution in [0.15, 0.2) is 47.5 Å². The van der Waals surface area contributed by atoms with Crippen LogP contribution in [0.3, 0.4) is 0 Å². The molecule has 0 spiro atoms. The number of carbonyl (C=O) groups excluding carboxylic acids is 1. The fourth-order valence-corrected chi connectivity index (χ4v) is 2.41. The second-order valence-electron chi connectivity index (χ2n) is 5.88. The molecule has 1 aromatic carbocycles. The molecule has 1 atom stereocenters. The molecular weight excluding hydrogens is 302 g/mol. The molecule has 0 saturated heterocycles. The van der Waals surface area contributed by atoms with Crippen molar-refractivity contribution in [3.8, 4) is 0 Å². The number of nitrogens with zero attached hydrogens (tertiary/aromatic N) is 2. The lowest BCUT2D eigenvalue weighted by molar-refractivity contribution is 0.0958. The number of benzene rings is 1. The van der Waals surface area contributed by atoms with Crippen molar-refractivity contribution in [1.82, 2.24) is 10.3 Å². The van der Waals surface area contributed by atoms with Gasteiger partial charge in [0.2, 0.25) is 0 Å². The zero-order valence-corrected chi connectivity index (χ0v) is 13.6. The van der Waals surface area contributed by atoms with Crippen molar-refractivity contribution >= 4 is 11.7 Å². The highest BCUT2D eigenvalue weighted by molar-refractivity contribution is 6.00. The van der Waals surface area contributed by atoms with E-state index in [4.69, 9.17) is 11.5 Å². The van der Waals surface area contributed by atoms with Crippen molar-refractivity contribution in [2.75, 3.05) is 7.05 Å². The number of aliphatic imine (C=N–C) groups is 1. The minimum absolute atomic E-state index is 0.280. The zero-order valence-electron chi connectivity index (χ0n) is 13.6. The number of rotatable bonds is 5. The van der Waals surface area contributed by atoms with Crippen LogP contribution in [-0.4, -0.2) is 29.8 Å². The molecular formula is C18H21N5O. The molecule has 1 fully saturated rings. The van der Waals surface area contributed by atoms with Crippen molar-refractivity contribution in [2.24, 2.45) is 16.5 Å². The summed E-state index contributed by atoms with van der Waals surface area (Å²) < 4.78 is 0. The smallest absolute Gasteiger partial charge is 0.269 e. The highest BCUT2D eigenvalue weighted by atomic mass is 16.1. The van der Waals surface area contributed by atoms with Crippen LogP contribution in [0.4, 0.5) is 0 Å². The molecule has 5 N–H and O–H groups in total. The summed E-state index contributed by atoms with van der Waals surface area (Å²) in [5.41, 5.74) is 14.9.